The van der Waals surface area contributed by atoms with E-state index in [4.69, 9.17) is 0 Å². The number of carbonyl (C=O) groups is 2. The van der Waals surface area contributed by atoms with Gasteiger partial charge < -0.3 is 9.72 Å². The van der Waals surface area contributed by atoms with E-state index in [9.17, 15) is 9.59 Å². The van der Waals surface area contributed by atoms with Crippen LogP contribution >= 0.6 is 22.7 Å². The van der Waals surface area contributed by atoms with Crippen molar-refractivity contribution in [1.82, 2.24) is 20.2 Å². The first kappa shape index (κ1) is 17.2. The Kier molecular flexibility index (Phi) is 4.57. The van der Waals surface area contributed by atoms with Gasteiger partial charge in [-0.05, 0) is 23.6 Å². The van der Waals surface area contributed by atoms with Gasteiger partial charge in [-0.15, -0.1) is 22.7 Å². The molecule has 0 aliphatic heterocycles. The standard InChI is InChI=1S/C17H13N5O3S2/c1-25-16(24)12-5-9(7-18-12)13-8-27-17(19-13)20-15(23)11-6-10(21-22-11)14-3-2-4-26-14/h2-8,18H,1H3,(H,21,22)(H,19,20,23). The van der Waals surface area contributed by atoms with Crippen LogP contribution in [0, 0.1) is 0 Å². The molecule has 8 nitrogen and oxygen atoms in total. The van der Waals surface area contributed by atoms with Crippen LogP contribution in [0.15, 0.2) is 41.2 Å². The highest BCUT2D eigenvalue weighted by molar-refractivity contribution is 7.14. The molecule has 4 heterocycles. The monoisotopic (exact) mass is 399 g/mol. The van der Waals surface area contributed by atoms with Gasteiger partial charge in [0.2, 0.25) is 0 Å². The number of amides is 1. The second kappa shape index (κ2) is 7.17. The summed E-state index contributed by atoms with van der Waals surface area (Å²) in [5, 5.41) is 13.8. The number of hydrogen-bond donors (Lipinski definition) is 3. The first-order valence-electron chi connectivity index (χ1n) is 7.77. The van der Waals surface area contributed by atoms with E-state index in [1.54, 1.807) is 35.0 Å². The van der Waals surface area contributed by atoms with E-state index < -0.39 is 5.97 Å². The van der Waals surface area contributed by atoms with Crippen molar-refractivity contribution >= 4 is 39.7 Å². The summed E-state index contributed by atoms with van der Waals surface area (Å²) in [6.45, 7) is 0. The Bertz CT molecular complexity index is 1090. The highest BCUT2D eigenvalue weighted by Crippen LogP contribution is 2.27. The average molecular weight is 399 g/mol. The summed E-state index contributed by atoms with van der Waals surface area (Å²) in [5.74, 6) is -0.802. The van der Waals surface area contributed by atoms with E-state index in [0.717, 1.165) is 16.1 Å². The van der Waals surface area contributed by atoms with Crippen molar-refractivity contribution < 1.29 is 14.3 Å². The molecule has 0 saturated carbocycles. The number of aromatic nitrogens is 4. The van der Waals surface area contributed by atoms with Crippen molar-refractivity contribution in [3.63, 3.8) is 0 Å². The number of methoxy groups -OCH3 is 1. The first-order chi connectivity index (χ1) is 13.1. The highest BCUT2D eigenvalue weighted by atomic mass is 32.1. The van der Waals surface area contributed by atoms with Gasteiger partial charge in [-0.2, -0.15) is 5.10 Å². The number of hydrogen-bond acceptors (Lipinski definition) is 7. The molecule has 0 aliphatic rings. The third-order valence-corrected chi connectivity index (χ3v) is 5.37. The van der Waals surface area contributed by atoms with Crippen LogP contribution in [0.4, 0.5) is 5.13 Å². The zero-order valence-corrected chi connectivity index (χ0v) is 15.6. The molecular weight excluding hydrogens is 386 g/mol. The summed E-state index contributed by atoms with van der Waals surface area (Å²) >= 11 is 2.85. The van der Waals surface area contributed by atoms with Crippen LogP contribution < -0.4 is 5.32 Å². The number of nitrogens with zero attached hydrogens (tertiary/aromatic N) is 2. The molecule has 4 rings (SSSR count). The maximum absolute atomic E-state index is 12.4. The minimum atomic E-state index is -0.454. The molecule has 4 aromatic heterocycles. The maximum atomic E-state index is 12.4. The zero-order chi connectivity index (χ0) is 18.8. The van der Waals surface area contributed by atoms with Gasteiger partial charge in [-0.25, -0.2) is 9.78 Å². The van der Waals surface area contributed by atoms with Crippen molar-refractivity contribution in [3.05, 3.63) is 52.6 Å². The molecule has 0 spiro atoms. The summed E-state index contributed by atoms with van der Waals surface area (Å²) in [4.78, 5) is 32.1. The van der Waals surface area contributed by atoms with E-state index in [1.807, 2.05) is 17.5 Å². The predicted molar refractivity (Wildman–Crippen MR) is 103 cm³/mol. The number of anilines is 1. The summed E-state index contributed by atoms with van der Waals surface area (Å²) in [6, 6.07) is 7.23. The number of esters is 1. The van der Waals surface area contributed by atoms with E-state index in [0.29, 0.717) is 16.5 Å². The third-order valence-electron chi connectivity index (χ3n) is 3.71. The van der Waals surface area contributed by atoms with Crippen molar-refractivity contribution in [1.29, 1.82) is 0 Å². The average Bonchev–Trinajstić information content (AvgIpc) is 3.47. The summed E-state index contributed by atoms with van der Waals surface area (Å²) in [7, 11) is 1.32. The molecule has 136 valence electrons. The van der Waals surface area contributed by atoms with Gasteiger partial charge in [-0.3, -0.25) is 15.2 Å². The van der Waals surface area contributed by atoms with E-state index in [-0.39, 0.29) is 11.6 Å². The SMILES string of the molecule is COC(=O)c1cc(-c2csc(NC(=O)c3cc(-c4cccs4)[nH]n3)n2)c[nH]1. The number of H-pyrrole nitrogens is 2. The van der Waals surface area contributed by atoms with Crippen molar-refractivity contribution in [2.75, 3.05) is 12.4 Å². The molecular formula is C17H13N5O3S2. The third kappa shape index (κ3) is 3.52. The summed E-state index contributed by atoms with van der Waals surface area (Å²) < 4.78 is 4.67. The molecule has 0 aliphatic carbocycles. The lowest BCUT2D eigenvalue weighted by Crippen LogP contribution is -2.12. The quantitative estimate of drug-likeness (QED) is 0.444. The molecule has 0 bridgehead atoms. The van der Waals surface area contributed by atoms with Gasteiger partial charge in [0.05, 0.1) is 23.4 Å². The first-order valence-corrected chi connectivity index (χ1v) is 9.53. The Hall–Kier alpha value is -3.24. The number of aromatic amines is 2. The minimum Gasteiger partial charge on any atom is -0.464 e. The van der Waals surface area contributed by atoms with Gasteiger partial charge >= 0.3 is 5.97 Å². The van der Waals surface area contributed by atoms with Gasteiger partial charge in [-0.1, -0.05) is 6.07 Å². The molecule has 27 heavy (non-hydrogen) atoms. The Balaban J connectivity index is 1.47. The molecule has 4 aromatic rings. The van der Waals surface area contributed by atoms with E-state index in [2.05, 4.69) is 30.2 Å². The van der Waals surface area contributed by atoms with Crippen LogP contribution in [0.1, 0.15) is 21.0 Å². The highest BCUT2D eigenvalue weighted by Gasteiger charge is 2.15. The largest absolute Gasteiger partial charge is 0.464 e. The maximum Gasteiger partial charge on any atom is 0.354 e. The molecule has 0 aromatic carbocycles. The minimum absolute atomic E-state index is 0.282. The fourth-order valence-corrected chi connectivity index (χ4v) is 3.80. The number of thiazole rings is 1. The number of nitrogens with one attached hydrogen (secondary N) is 3. The van der Waals surface area contributed by atoms with Crippen LogP contribution in [-0.4, -0.2) is 39.2 Å². The van der Waals surface area contributed by atoms with Crippen LogP contribution in [0.25, 0.3) is 21.8 Å². The number of rotatable bonds is 5. The topological polar surface area (TPSA) is 113 Å². The summed E-state index contributed by atoms with van der Waals surface area (Å²) in [5.41, 5.74) is 2.78. The molecule has 0 unspecified atom stereocenters. The lowest BCUT2D eigenvalue weighted by atomic mass is 10.2. The Morgan fingerprint density at radius 1 is 1.26 bits per heavy atom. The van der Waals surface area contributed by atoms with Gasteiger partial charge in [0.1, 0.15) is 5.69 Å². The van der Waals surface area contributed by atoms with Gasteiger partial charge in [0, 0.05) is 17.1 Å². The predicted octanol–water partition coefficient (Wildman–Crippen LogP) is 3.63. The molecule has 3 N–H and O–H groups in total. The fourth-order valence-electron chi connectivity index (χ4n) is 2.39. The molecule has 1 amide bonds. The van der Waals surface area contributed by atoms with Gasteiger partial charge in [0.25, 0.3) is 5.91 Å². The Morgan fingerprint density at radius 3 is 2.93 bits per heavy atom. The van der Waals surface area contributed by atoms with Crippen LogP contribution in [0.3, 0.4) is 0 Å². The van der Waals surface area contributed by atoms with Crippen molar-refractivity contribution in [3.8, 4) is 21.8 Å². The van der Waals surface area contributed by atoms with E-state index >= 15 is 0 Å². The molecule has 0 radical (unpaired) electrons. The van der Waals surface area contributed by atoms with Gasteiger partial charge in [0.15, 0.2) is 10.8 Å². The lowest BCUT2D eigenvalue weighted by Gasteiger charge is -1.97. The number of carbonyl (C=O) groups excluding carboxylic acids is 2. The Labute approximate surface area is 161 Å². The smallest absolute Gasteiger partial charge is 0.354 e. The van der Waals surface area contributed by atoms with Crippen molar-refractivity contribution in [2.24, 2.45) is 0 Å². The lowest BCUT2D eigenvalue weighted by molar-refractivity contribution is 0.0594. The van der Waals surface area contributed by atoms with E-state index in [1.165, 1.54) is 18.4 Å². The number of thiophene rings is 1. The van der Waals surface area contributed by atoms with Crippen molar-refractivity contribution in [2.45, 2.75) is 0 Å². The molecule has 0 saturated heterocycles. The van der Waals surface area contributed by atoms with Crippen LogP contribution in [0.5, 0.6) is 0 Å². The second-order valence-corrected chi connectivity index (χ2v) is 7.24. The molecule has 0 atom stereocenters. The van der Waals surface area contributed by atoms with Crippen LogP contribution in [0.2, 0.25) is 0 Å². The fraction of sp³-hybridized carbons (Fsp3) is 0.0588. The number of ether oxygens (including phenoxy) is 1. The molecule has 0 fully saturated rings. The Morgan fingerprint density at radius 2 is 2.15 bits per heavy atom. The zero-order valence-electron chi connectivity index (χ0n) is 14.0. The van der Waals surface area contributed by atoms with Crippen LogP contribution in [-0.2, 0) is 4.74 Å². The summed E-state index contributed by atoms with van der Waals surface area (Å²) in [6.07, 6.45) is 1.66. The normalized spacial score (nSPS) is 10.7. The molecule has 10 heteroatoms. The second-order valence-electron chi connectivity index (χ2n) is 5.43.